The first-order chi connectivity index (χ1) is 9.56. The third-order valence-corrected chi connectivity index (χ3v) is 3.37. The molecule has 0 aliphatic heterocycles. The van der Waals surface area contributed by atoms with E-state index < -0.39 is 0 Å². The van der Waals surface area contributed by atoms with Crippen molar-refractivity contribution in [2.24, 2.45) is 0 Å². The van der Waals surface area contributed by atoms with E-state index in [4.69, 9.17) is 11.6 Å². The van der Waals surface area contributed by atoms with E-state index in [2.05, 4.69) is 13.8 Å². The summed E-state index contributed by atoms with van der Waals surface area (Å²) in [5.41, 5.74) is 2.86. The minimum Gasteiger partial charge on any atom is -0.289 e. The number of benzene rings is 2. The van der Waals surface area contributed by atoms with Crippen LogP contribution in [0.15, 0.2) is 54.6 Å². The van der Waals surface area contributed by atoms with E-state index in [-0.39, 0.29) is 5.78 Å². The molecule has 0 aliphatic rings. The van der Waals surface area contributed by atoms with E-state index in [1.54, 1.807) is 12.2 Å². The highest BCUT2D eigenvalue weighted by Crippen LogP contribution is 2.16. The number of hydrogen-bond donors (Lipinski definition) is 0. The summed E-state index contributed by atoms with van der Waals surface area (Å²) >= 11 is 5.91. The molecule has 0 amide bonds. The SMILES string of the molecule is CC(C)c1ccc(C(=O)/C=C/c2cccc(Cl)c2)cc1. The fourth-order valence-corrected chi connectivity index (χ4v) is 2.11. The Labute approximate surface area is 124 Å². The molecule has 0 spiro atoms. The Morgan fingerprint density at radius 2 is 1.80 bits per heavy atom. The van der Waals surface area contributed by atoms with Gasteiger partial charge < -0.3 is 0 Å². The molecule has 0 aliphatic carbocycles. The molecule has 1 nitrogen and oxygen atoms in total. The quantitative estimate of drug-likeness (QED) is 0.546. The number of carbonyl (C=O) groups excluding carboxylic acids is 1. The lowest BCUT2D eigenvalue weighted by Gasteiger charge is -2.05. The van der Waals surface area contributed by atoms with Gasteiger partial charge in [0.15, 0.2) is 5.78 Å². The second-order valence-corrected chi connectivity index (χ2v) is 5.47. The zero-order valence-electron chi connectivity index (χ0n) is 11.6. The summed E-state index contributed by atoms with van der Waals surface area (Å²) in [5, 5.41) is 0.667. The summed E-state index contributed by atoms with van der Waals surface area (Å²) in [6.45, 7) is 4.27. The van der Waals surface area contributed by atoms with Crippen molar-refractivity contribution < 1.29 is 4.79 Å². The van der Waals surface area contributed by atoms with Crippen molar-refractivity contribution in [2.45, 2.75) is 19.8 Å². The van der Waals surface area contributed by atoms with Gasteiger partial charge in [0.1, 0.15) is 0 Å². The van der Waals surface area contributed by atoms with E-state index in [9.17, 15) is 4.79 Å². The third kappa shape index (κ3) is 3.82. The van der Waals surface area contributed by atoms with Crippen LogP contribution in [0.2, 0.25) is 5.02 Å². The fraction of sp³-hybridized carbons (Fsp3) is 0.167. The van der Waals surface area contributed by atoms with Crippen LogP contribution in [0, 0.1) is 0 Å². The van der Waals surface area contributed by atoms with Gasteiger partial charge in [-0.05, 0) is 35.3 Å². The number of ketones is 1. The van der Waals surface area contributed by atoms with Crippen LogP contribution in [0.1, 0.15) is 41.3 Å². The van der Waals surface area contributed by atoms with E-state index >= 15 is 0 Å². The molecular weight excluding hydrogens is 268 g/mol. The lowest BCUT2D eigenvalue weighted by Crippen LogP contribution is -1.95. The van der Waals surface area contributed by atoms with E-state index in [0.717, 1.165) is 5.56 Å². The van der Waals surface area contributed by atoms with Crippen LogP contribution >= 0.6 is 11.6 Å². The molecule has 0 unspecified atom stereocenters. The molecule has 0 radical (unpaired) electrons. The van der Waals surface area contributed by atoms with Crippen LogP contribution in [-0.4, -0.2) is 5.78 Å². The Balaban J connectivity index is 2.11. The molecule has 2 aromatic rings. The maximum atomic E-state index is 12.1. The van der Waals surface area contributed by atoms with Crippen molar-refractivity contribution in [1.29, 1.82) is 0 Å². The lowest BCUT2D eigenvalue weighted by molar-refractivity contribution is 0.104. The van der Waals surface area contributed by atoms with E-state index in [0.29, 0.717) is 16.5 Å². The van der Waals surface area contributed by atoms with Crippen molar-refractivity contribution in [3.63, 3.8) is 0 Å². The Kier molecular flexibility index (Phi) is 4.75. The average molecular weight is 285 g/mol. The Morgan fingerprint density at radius 1 is 1.10 bits per heavy atom. The van der Waals surface area contributed by atoms with Crippen molar-refractivity contribution in [3.8, 4) is 0 Å². The molecule has 2 heteroatoms. The summed E-state index contributed by atoms with van der Waals surface area (Å²) in [6.07, 6.45) is 3.36. The van der Waals surface area contributed by atoms with Crippen molar-refractivity contribution in [3.05, 3.63) is 76.3 Å². The van der Waals surface area contributed by atoms with Gasteiger partial charge in [0.2, 0.25) is 0 Å². The van der Waals surface area contributed by atoms with Gasteiger partial charge >= 0.3 is 0 Å². The molecular formula is C18H17ClO. The summed E-state index contributed by atoms with van der Waals surface area (Å²) in [6, 6.07) is 15.2. The molecule has 0 fully saturated rings. The molecule has 0 heterocycles. The summed E-state index contributed by atoms with van der Waals surface area (Å²) in [5.74, 6) is 0.474. The smallest absolute Gasteiger partial charge is 0.185 e. The molecule has 0 saturated carbocycles. The van der Waals surface area contributed by atoms with Gasteiger partial charge in [0, 0.05) is 10.6 Å². The normalized spacial score (nSPS) is 11.2. The highest BCUT2D eigenvalue weighted by Gasteiger charge is 2.03. The van der Waals surface area contributed by atoms with Crippen LogP contribution in [-0.2, 0) is 0 Å². The first-order valence-electron chi connectivity index (χ1n) is 6.64. The van der Waals surface area contributed by atoms with Crippen LogP contribution < -0.4 is 0 Å². The maximum absolute atomic E-state index is 12.1. The number of allylic oxidation sites excluding steroid dienone is 1. The molecule has 2 aromatic carbocycles. The van der Waals surface area contributed by atoms with Crippen LogP contribution in [0.25, 0.3) is 6.08 Å². The van der Waals surface area contributed by atoms with Crippen molar-refractivity contribution in [2.75, 3.05) is 0 Å². The largest absolute Gasteiger partial charge is 0.289 e. The predicted octanol–water partition coefficient (Wildman–Crippen LogP) is 5.36. The first-order valence-corrected chi connectivity index (χ1v) is 7.02. The number of rotatable bonds is 4. The van der Waals surface area contributed by atoms with Gasteiger partial charge in [0.25, 0.3) is 0 Å². The number of halogens is 1. The van der Waals surface area contributed by atoms with Crippen LogP contribution in [0.4, 0.5) is 0 Å². The minimum absolute atomic E-state index is 0.000261. The van der Waals surface area contributed by atoms with Gasteiger partial charge in [0.05, 0.1) is 0 Å². The van der Waals surface area contributed by atoms with Gasteiger partial charge in [-0.1, -0.05) is 67.9 Å². The Bertz CT molecular complexity index is 624. The second-order valence-electron chi connectivity index (χ2n) is 5.03. The van der Waals surface area contributed by atoms with Gasteiger partial charge in [-0.2, -0.15) is 0 Å². The van der Waals surface area contributed by atoms with Gasteiger partial charge in [-0.25, -0.2) is 0 Å². The molecule has 0 bridgehead atoms. The minimum atomic E-state index is 0.000261. The maximum Gasteiger partial charge on any atom is 0.185 e. The molecule has 0 N–H and O–H groups in total. The highest BCUT2D eigenvalue weighted by atomic mass is 35.5. The van der Waals surface area contributed by atoms with Gasteiger partial charge in [-0.3, -0.25) is 4.79 Å². The van der Waals surface area contributed by atoms with Crippen molar-refractivity contribution >= 4 is 23.5 Å². The topological polar surface area (TPSA) is 17.1 Å². The monoisotopic (exact) mass is 284 g/mol. The number of carbonyl (C=O) groups is 1. The number of hydrogen-bond acceptors (Lipinski definition) is 1. The molecule has 102 valence electrons. The predicted molar refractivity (Wildman–Crippen MR) is 85.3 cm³/mol. The molecule has 0 atom stereocenters. The summed E-state index contributed by atoms with van der Waals surface area (Å²) in [4.78, 5) is 12.1. The molecule has 0 aromatic heterocycles. The third-order valence-electron chi connectivity index (χ3n) is 3.14. The van der Waals surface area contributed by atoms with E-state index in [1.807, 2.05) is 48.5 Å². The molecule has 20 heavy (non-hydrogen) atoms. The first kappa shape index (κ1) is 14.5. The van der Waals surface area contributed by atoms with Gasteiger partial charge in [-0.15, -0.1) is 0 Å². The summed E-state index contributed by atoms with van der Waals surface area (Å²) in [7, 11) is 0. The Morgan fingerprint density at radius 3 is 2.40 bits per heavy atom. The zero-order valence-corrected chi connectivity index (χ0v) is 12.4. The molecule has 2 rings (SSSR count). The summed E-state index contributed by atoms with van der Waals surface area (Å²) < 4.78 is 0. The second kappa shape index (κ2) is 6.53. The average Bonchev–Trinajstić information content (AvgIpc) is 2.45. The van der Waals surface area contributed by atoms with E-state index in [1.165, 1.54) is 5.56 Å². The highest BCUT2D eigenvalue weighted by molar-refractivity contribution is 6.30. The lowest BCUT2D eigenvalue weighted by atomic mass is 10.0. The zero-order chi connectivity index (χ0) is 14.5. The van der Waals surface area contributed by atoms with Crippen LogP contribution in [0.3, 0.4) is 0 Å². The van der Waals surface area contributed by atoms with Crippen molar-refractivity contribution in [1.82, 2.24) is 0 Å². The fourth-order valence-electron chi connectivity index (χ4n) is 1.91. The van der Waals surface area contributed by atoms with Crippen LogP contribution in [0.5, 0.6) is 0 Å². The molecule has 0 saturated heterocycles. The standard InChI is InChI=1S/C18H17ClO/c1-13(2)15-7-9-16(10-8-15)18(20)11-6-14-4-3-5-17(19)12-14/h3-13H,1-2H3/b11-6+. The Hall–Kier alpha value is -1.86.